The van der Waals surface area contributed by atoms with E-state index in [4.69, 9.17) is 0 Å². The molecule has 1 aromatic carbocycles. The van der Waals surface area contributed by atoms with Gasteiger partial charge in [0.25, 0.3) is 5.91 Å². The molecule has 0 fully saturated rings. The van der Waals surface area contributed by atoms with Crippen LogP contribution < -0.4 is 5.32 Å². The Morgan fingerprint density at radius 2 is 2.00 bits per heavy atom. The third-order valence-electron chi connectivity index (χ3n) is 3.52. The zero-order chi connectivity index (χ0) is 16.4. The van der Waals surface area contributed by atoms with Crippen molar-refractivity contribution in [3.8, 4) is 0 Å². The van der Waals surface area contributed by atoms with Gasteiger partial charge in [0, 0.05) is 27.2 Å². The third-order valence-corrected chi connectivity index (χ3v) is 5.40. The molecule has 0 radical (unpaired) electrons. The van der Waals surface area contributed by atoms with Crippen LogP contribution in [0.3, 0.4) is 0 Å². The molecule has 3 aromatic rings. The minimum absolute atomic E-state index is 0.0803. The third kappa shape index (κ3) is 3.86. The molecule has 0 saturated carbocycles. The zero-order valence-corrected chi connectivity index (χ0v) is 15.0. The van der Waals surface area contributed by atoms with Crippen molar-refractivity contribution in [2.75, 3.05) is 5.32 Å². The molecule has 0 aliphatic carbocycles. The summed E-state index contributed by atoms with van der Waals surface area (Å²) in [5.41, 5.74) is 3.25. The number of thiophene rings is 1. The smallest absolute Gasteiger partial charge is 0.258 e. The molecule has 1 N–H and O–H groups in total. The number of amides is 1. The van der Waals surface area contributed by atoms with Crippen molar-refractivity contribution in [3.63, 3.8) is 0 Å². The normalized spacial score (nSPS) is 10.7. The number of carbonyl (C=O) groups excluding carboxylic acids is 1. The summed E-state index contributed by atoms with van der Waals surface area (Å²) in [6.07, 6.45) is 2.68. The van der Waals surface area contributed by atoms with Crippen LogP contribution >= 0.6 is 22.7 Å². The van der Waals surface area contributed by atoms with Gasteiger partial charge >= 0.3 is 0 Å². The van der Waals surface area contributed by atoms with E-state index >= 15 is 0 Å². The number of carbonyl (C=O) groups is 1. The molecule has 118 valence electrons. The van der Waals surface area contributed by atoms with Crippen LogP contribution in [0.2, 0.25) is 0 Å². The van der Waals surface area contributed by atoms with Crippen LogP contribution in [0.1, 0.15) is 36.1 Å². The van der Waals surface area contributed by atoms with E-state index in [0.717, 1.165) is 26.6 Å². The lowest BCUT2D eigenvalue weighted by atomic mass is 10.1. The van der Waals surface area contributed by atoms with Crippen LogP contribution in [0.4, 0.5) is 5.13 Å². The summed E-state index contributed by atoms with van der Waals surface area (Å²) in [4.78, 5) is 20.0. The van der Waals surface area contributed by atoms with Gasteiger partial charge in [0.2, 0.25) is 0 Å². The molecule has 2 heterocycles. The van der Waals surface area contributed by atoms with Crippen LogP contribution in [-0.2, 0) is 6.42 Å². The molecule has 0 aliphatic rings. The number of nitrogens with one attached hydrogen (secondary N) is 1. The van der Waals surface area contributed by atoms with Gasteiger partial charge in [0.15, 0.2) is 5.13 Å². The molecule has 0 unspecified atom stereocenters. The molecule has 0 bridgehead atoms. The minimum atomic E-state index is -0.0803. The lowest BCUT2D eigenvalue weighted by Gasteiger charge is -2.01. The molecule has 0 saturated heterocycles. The minimum Gasteiger partial charge on any atom is -0.298 e. The van der Waals surface area contributed by atoms with E-state index < -0.39 is 0 Å². The molecular formula is C18H18N2OS2. The molecule has 3 rings (SSSR count). The van der Waals surface area contributed by atoms with Crippen molar-refractivity contribution >= 4 is 33.7 Å². The van der Waals surface area contributed by atoms with Crippen LogP contribution in [-0.4, -0.2) is 10.9 Å². The van der Waals surface area contributed by atoms with Crippen LogP contribution in [0.15, 0.2) is 36.5 Å². The number of aromatic nitrogens is 1. The van der Waals surface area contributed by atoms with Crippen molar-refractivity contribution in [2.45, 2.75) is 27.2 Å². The Hall–Kier alpha value is -1.98. The number of rotatable bonds is 4. The lowest BCUT2D eigenvalue weighted by Crippen LogP contribution is -2.11. The predicted octanol–water partition coefficient (Wildman–Crippen LogP) is 4.97. The zero-order valence-electron chi connectivity index (χ0n) is 13.3. The molecule has 0 atom stereocenters. The summed E-state index contributed by atoms with van der Waals surface area (Å²) in [5.74, 6) is -0.0803. The van der Waals surface area contributed by atoms with Gasteiger partial charge in [-0.3, -0.25) is 10.1 Å². The molecule has 0 aliphatic heterocycles. The summed E-state index contributed by atoms with van der Waals surface area (Å²) < 4.78 is 0. The van der Waals surface area contributed by atoms with Gasteiger partial charge in [-0.2, -0.15) is 0 Å². The van der Waals surface area contributed by atoms with Crippen LogP contribution in [0, 0.1) is 20.8 Å². The molecule has 23 heavy (non-hydrogen) atoms. The highest BCUT2D eigenvalue weighted by molar-refractivity contribution is 7.15. The van der Waals surface area contributed by atoms with Gasteiger partial charge in [0.05, 0.1) is 5.56 Å². The van der Waals surface area contributed by atoms with E-state index in [1.807, 2.05) is 26.1 Å². The quantitative estimate of drug-likeness (QED) is 0.727. The van der Waals surface area contributed by atoms with Crippen LogP contribution in [0.5, 0.6) is 0 Å². The molecule has 1 amide bonds. The summed E-state index contributed by atoms with van der Waals surface area (Å²) >= 11 is 3.17. The molecule has 3 nitrogen and oxygen atoms in total. The second kappa shape index (κ2) is 6.64. The Morgan fingerprint density at radius 1 is 1.17 bits per heavy atom. The van der Waals surface area contributed by atoms with Crippen LogP contribution in [0.25, 0.3) is 0 Å². The van der Waals surface area contributed by atoms with Gasteiger partial charge in [-0.15, -0.1) is 22.7 Å². The Morgan fingerprint density at radius 3 is 2.70 bits per heavy atom. The fraction of sp³-hybridized carbons (Fsp3) is 0.222. The maximum atomic E-state index is 12.3. The first-order valence-electron chi connectivity index (χ1n) is 7.40. The second-order valence-electron chi connectivity index (χ2n) is 5.58. The number of aryl methyl sites for hydroxylation is 3. The van der Waals surface area contributed by atoms with Crippen molar-refractivity contribution in [2.24, 2.45) is 0 Å². The van der Waals surface area contributed by atoms with E-state index in [9.17, 15) is 4.79 Å². The summed E-state index contributed by atoms with van der Waals surface area (Å²) in [6, 6.07) is 10.4. The standard InChI is InChI=1S/C18H18N2OS2/c1-11-5-4-6-14(7-11)9-15-10-19-18(23-15)20-17(21)16-8-12(2)22-13(16)3/h4-8,10H,9H2,1-3H3,(H,19,20,21). The van der Waals surface area contributed by atoms with Gasteiger partial charge in [-0.1, -0.05) is 29.8 Å². The number of thiazole rings is 1. The average molecular weight is 342 g/mol. The number of hydrogen-bond donors (Lipinski definition) is 1. The topological polar surface area (TPSA) is 42.0 Å². The summed E-state index contributed by atoms with van der Waals surface area (Å²) in [5, 5.41) is 3.56. The Balaban J connectivity index is 1.70. The van der Waals surface area contributed by atoms with E-state index in [1.165, 1.54) is 22.5 Å². The number of anilines is 1. The number of hydrogen-bond acceptors (Lipinski definition) is 4. The highest BCUT2D eigenvalue weighted by Gasteiger charge is 2.14. The Labute approximate surface area is 144 Å². The van der Waals surface area contributed by atoms with Gasteiger partial charge in [-0.25, -0.2) is 4.98 Å². The maximum Gasteiger partial charge on any atom is 0.258 e. The highest BCUT2D eigenvalue weighted by Crippen LogP contribution is 2.25. The van der Waals surface area contributed by atoms with E-state index in [0.29, 0.717) is 5.13 Å². The van der Waals surface area contributed by atoms with Crippen molar-refractivity contribution in [1.82, 2.24) is 4.98 Å². The fourth-order valence-electron chi connectivity index (χ4n) is 2.49. The summed E-state index contributed by atoms with van der Waals surface area (Å²) in [7, 11) is 0. The summed E-state index contributed by atoms with van der Waals surface area (Å²) in [6.45, 7) is 6.07. The van der Waals surface area contributed by atoms with E-state index in [1.54, 1.807) is 11.3 Å². The highest BCUT2D eigenvalue weighted by atomic mass is 32.1. The van der Waals surface area contributed by atoms with E-state index in [-0.39, 0.29) is 5.91 Å². The SMILES string of the molecule is Cc1cccc(Cc2cnc(NC(=O)c3cc(C)sc3C)s2)c1. The monoisotopic (exact) mass is 342 g/mol. The van der Waals surface area contributed by atoms with E-state index in [2.05, 4.69) is 41.5 Å². The van der Waals surface area contributed by atoms with Gasteiger partial charge in [-0.05, 0) is 32.4 Å². The van der Waals surface area contributed by atoms with Gasteiger partial charge < -0.3 is 0 Å². The fourth-order valence-corrected chi connectivity index (χ4v) is 4.25. The molecule has 2 aromatic heterocycles. The first-order chi connectivity index (χ1) is 11.0. The molecule has 0 spiro atoms. The largest absolute Gasteiger partial charge is 0.298 e. The Bertz CT molecular complexity index is 848. The average Bonchev–Trinajstić information content (AvgIpc) is 3.05. The maximum absolute atomic E-state index is 12.3. The van der Waals surface area contributed by atoms with Crippen molar-refractivity contribution < 1.29 is 4.79 Å². The van der Waals surface area contributed by atoms with Gasteiger partial charge in [0.1, 0.15) is 0 Å². The van der Waals surface area contributed by atoms with Crippen molar-refractivity contribution in [1.29, 1.82) is 0 Å². The molecule has 5 heteroatoms. The second-order valence-corrected chi connectivity index (χ2v) is 8.15. The number of benzene rings is 1. The predicted molar refractivity (Wildman–Crippen MR) is 97.8 cm³/mol. The molecular weight excluding hydrogens is 324 g/mol. The lowest BCUT2D eigenvalue weighted by molar-refractivity contribution is 0.102. The first kappa shape index (κ1) is 15.9. The Kier molecular flexibility index (Phi) is 4.59. The first-order valence-corrected chi connectivity index (χ1v) is 9.03. The number of nitrogens with zero attached hydrogens (tertiary/aromatic N) is 1. The van der Waals surface area contributed by atoms with Crippen molar-refractivity contribution in [3.05, 3.63) is 67.9 Å².